The molecule has 1 N–H and O–H groups in total. The van der Waals surface area contributed by atoms with Crippen molar-refractivity contribution in [2.45, 2.75) is 18.9 Å². The Hall–Kier alpha value is -1.01. The van der Waals surface area contributed by atoms with Crippen molar-refractivity contribution in [3.05, 3.63) is 34.3 Å². The van der Waals surface area contributed by atoms with Crippen molar-refractivity contribution in [1.82, 2.24) is 10.2 Å². The van der Waals surface area contributed by atoms with Gasteiger partial charge in [-0.15, -0.1) is 11.8 Å². The molecular formula is C15H17BrN2O2S. The van der Waals surface area contributed by atoms with Crippen molar-refractivity contribution in [1.29, 1.82) is 0 Å². The zero-order valence-corrected chi connectivity index (χ0v) is 14.0. The lowest BCUT2D eigenvalue weighted by Crippen LogP contribution is -2.47. The van der Waals surface area contributed by atoms with Gasteiger partial charge in [-0.3, -0.25) is 9.59 Å². The standard InChI is InChI=1S/C15H17BrN2O2S/c16-12-3-1-2-11(6-12)15(20)18-9-21-8-13(18)14(19)17-7-10-4-5-10/h1-3,6,10,13H,4-5,7-9H2,(H,17,19). The van der Waals surface area contributed by atoms with Gasteiger partial charge in [-0.25, -0.2) is 0 Å². The van der Waals surface area contributed by atoms with Gasteiger partial charge in [-0.05, 0) is 37.0 Å². The van der Waals surface area contributed by atoms with E-state index in [1.165, 1.54) is 12.8 Å². The minimum absolute atomic E-state index is 0.0183. The maximum absolute atomic E-state index is 12.6. The second kappa shape index (κ2) is 6.40. The molecule has 4 nitrogen and oxygen atoms in total. The average molecular weight is 369 g/mol. The van der Waals surface area contributed by atoms with Crippen molar-refractivity contribution in [3.63, 3.8) is 0 Å². The molecule has 1 saturated carbocycles. The lowest BCUT2D eigenvalue weighted by atomic mass is 10.1. The van der Waals surface area contributed by atoms with E-state index in [4.69, 9.17) is 0 Å². The molecule has 1 aromatic carbocycles. The quantitative estimate of drug-likeness (QED) is 0.887. The number of hydrogen-bond acceptors (Lipinski definition) is 3. The number of hydrogen-bond donors (Lipinski definition) is 1. The predicted octanol–water partition coefficient (Wildman–Crippen LogP) is 2.49. The van der Waals surface area contributed by atoms with Gasteiger partial charge in [-0.2, -0.15) is 0 Å². The second-order valence-electron chi connectivity index (χ2n) is 5.49. The minimum atomic E-state index is -0.347. The Kier molecular flexibility index (Phi) is 4.54. The van der Waals surface area contributed by atoms with Crippen LogP contribution < -0.4 is 5.32 Å². The van der Waals surface area contributed by atoms with E-state index >= 15 is 0 Å². The van der Waals surface area contributed by atoms with Crippen molar-refractivity contribution in [3.8, 4) is 0 Å². The number of halogens is 1. The van der Waals surface area contributed by atoms with Gasteiger partial charge in [0.15, 0.2) is 0 Å². The molecule has 1 aromatic rings. The van der Waals surface area contributed by atoms with Crippen molar-refractivity contribution in [2.75, 3.05) is 18.2 Å². The summed E-state index contributed by atoms with van der Waals surface area (Å²) in [5.41, 5.74) is 0.617. The van der Waals surface area contributed by atoms with Gasteiger partial charge in [0.05, 0.1) is 5.88 Å². The van der Waals surface area contributed by atoms with Crippen molar-refractivity contribution in [2.24, 2.45) is 5.92 Å². The highest BCUT2D eigenvalue weighted by molar-refractivity contribution is 9.10. The van der Waals surface area contributed by atoms with Crippen LogP contribution in [0.1, 0.15) is 23.2 Å². The molecule has 3 rings (SSSR count). The Morgan fingerprint density at radius 3 is 2.90 bits per heavy atom. The van der Waals surface area contributed by atoms with E-state index in [2.05, 4.69) is 21.2 Å². The van der Waals surface area contributed by atoms with E-state index in [0.29, 0.717) is 23.1 Å². The number of benzene rings is 1. The van der Waals surface area contributed by atoms with E-state index in [9.17, 15) is 9.59 Å². The monoisotopic (exact) mass is 368 g/mol. The fourth-order valence-corrected chi connectivity index (χ4v) is 3.89. The summed E-state index contributed by atoms with van der Waals surface area (Å²) in [7, 11) is 0. The minimum Gasteiger partial charge on any atom is -0.354 e. The highest BCUT2D eigenvalue weighted by atomic mass is 79.9. The maximum Gasteiger partial charge on any atom is 0.255 e. The average Bonchev–Trinajstić information content (AvgIpc) is 3.18. The first-order chi connectivity index (χ1) is 10.1. The molecule has 2 fully saturated rings. The van der Waals surface area contributed by atoms with Crippen LogP contribution in [0, 0.1) is 5.92 Å². The molecule has 0 bridgehead atoms. The van der Waals surface area contributed by atoms with Crippen LogP contribution in [0.2, 0.25) is 0 Å². The summed E-state index contributed by atoms with van der Waals surface area (Å²) in [6.07, 6.45) is 2.42. The van der Waals surface area contributed by atoms with Crippen LogP contribution in [0.15, 0.2) is 28.7 Å². The number of nitrogens with zero attached hydrogens (tertiary/aromatic N) is 1. The third-order valence-corrected chi connectivity index (χ3v) is 5.28. The highest BCUT2D eigenvalue weighted by Gasteiger charge is 2.35. The van der Waals surface area contributed by atoms with E-state index in [-0.39, 0.29) is 17.9 Å². The lowest BCUT2D eigenvalue weighted by molar-refractivity contribution is -0.124. The zero-order chi connectivity index (χ0) is 14.8. The van der Waals surface area contributed by atoms with E-state index in [1.54, 1.807) is 28.8 Å². The second-order valence-corrected chi connectivity index (χ2v) is 7.40. The first-order valence-electron chi connectivity index (χ1n) is 7.07. The number of thioether (sulfide) groups is 1. The number of rotatable bonds is 4. The fourth-order valence-electron chi connectivity index (χ4n) is 2.33. The van der Waals surface area contributed by atoms with Crippen LogP contribution >= 0.6 is 27.7 Å². The molecule has 0 radical (unpaired) electrons. The zero-order valence-electron chi connectivity index (χ0n) is 11.5. The number of carbonyl (C=O) groups excluding carboxylic acids is 2. The third-order valence-electron chi connectivity index (χ3n) is 3.78. The topological polar surface area (TPSA) is 49.4 Å². The molecule has 1 unspecified atom stereocenters. The Labute approximate surface area is 136 Å². The van der Waals surface area contributed by atoms with Crippen LogP contribution in [0.25, 0.3) is 0 Å². The summed E-state index contributed by atoms with van der Waals surface area (Å²) < 4.78 is 0.870. The van der Waals surface area contributed by atoms with Crippen molar-refractivity contribution >= 4 is 39.5 Å². The molecule has 0 spiro atoms. The van der Waals surface area contributed by atoms with Gasteiger partial charge in [0.1, 0.15) is 6.04 Å². The lowest BCUT2D eigenvalue weighted by Gasteiger charge is -2.23. The van der Waals surface area contributed by atoms with Gasteiger partial charge >= 0.3 is 0 Å². The van der Waals surface area contributed by atoms with Gasteiger partial charge < -0.3 is 10.2 Å². The first-order valence-corrected chi connectivity index (χ1v) is 9.02. The van der Waals surface area contributed by atoms with Crippen LogP contribution in [0.5, 0.6) is 0 Å². The van der Waals surface area contributed by atoms with Crippen LogP contribution in [-0.4, -0.2) is 40.9 Å². The molecule has 6 heteroatoms. The summed E-state index contributed by atoms with van der Waals surface area (Å²) in [6, 6.07) is 6.96. The highest BCUT2D eigenvalue weighted by Crippen LogP contribution is 2.28. The Morgan fingerprint density at radius 1 is 1.38 bits per heavy atom. The molecule has 1 heterocycles. The summed E-state index contributed by atoms with van der Waals surface area (Å²) >= 11 is 5.00. The van der Waals surface area contributed by atoms with Gasteiger partial charge in [-0.1, -0.05) is 22.0 Å². The number of nitrogens with one attached hydrogen (secondary N) is 1. The molecule has 112 valence electrons. The summed E-state index contributed by atoms with van der Waals surface area (Å²) in [4.78, 5) is 26.5. The number of carbonyl (C=O) groups is 2. The molecule has 1 saturated heterocycles. The van der Waals surface area contributed by atoms with E-state index in [0.717, 1.165) is 11.0 Å². The fraction of sp³-hybridized carbons (Fsp3) is 0.467. The summed E-state index contributed by atoms with van der Waals surface area (Å²) in [6.45, 7) is 0.749. The molecule has 1 aliphatic carbocycles. The van der Waals surface area contributed by atoms with Gasteiger partial charge in [0.2, 0.25) is 5.91 Å². The summed E-state index contributed by atoms with van der Waals surface area (Å²) in [5.74, 6) is 1.81. The summed E-state index contributed by atoms with van der Waals surface area (Å²) in [5, 5.41) is 2.98. The van der Waals surface area contributed by atoms with E-state index < -0.39 is 0 Å². The molecule has 1 aliphatic heterocycles. The molecule has 2 amide bonds. The normalized spacial score (nSPS) is 21.4. The van der Waals surface area contributed by atoms with Crippen LogP contribution in [-0.2, 0) is 4.79 Å². The molecule has 1 atom stereocenters. The number of amides is 2. The predicted molar refractivity (Wildman–Crippen MR) is 87.2 cm³/mol. The van der Waals surface area contributed by atoms with Gasteiger partial charge in [0.25, 0.3) is 5.91 Å². The SMILES string of the molecule is O=C(NCC1CC1)C1CSCN1C(=O)c1cccc(Br)c1. The van der Waals surface area contributed by atoms with Crippen molar-refractivity contribution < 1.29 is 9.59 Å². The molecule has 21 heavy (non-hydrogen) atoms. The van der Waals surface area contributed by atoms with Crippen LogP contribution in [0.4, 0.5) is 0 Å². The molecule has 0 aromatic heterocycles. The van der Waals surface area contributed by atoms with Gasteiger partial charge in [0, 0.05) is 22.3 Å². The molecule has 2 aliphatic rings. The Balaban J connectivity index is 1.67. The largest absolute Gasteiger partial charge is 0.354 e. The maximum atomic E-state index is 12.6. The smallest absolute Gasteiger partial charge is 0.255 e. The Morgan fingerprint density at radius 2 is 2.19 bits per heavy atom. The third kappa shape index (κ3) is 3.61. The first kappa shape index (κ1) is 14.9. The van der Waals surface area contributed by atoms with Crippen LogP contribution in [0.3, 0.4) is 0 Å². The molecular weight excluding hydrogens is 352 g/mol. The van der Waals surface area contributed by atoms with E-state index in [1.807, 2.05) is 12.1 Å². The Bertz CT molecular complexity index is 562.